The van der Waals surface area contributed by atoms with Gasteiger partial charge in [0.05, 0.1) is 12.3 Å². The number of guanidine groups is 1. The van der Waals surface area contributed by atoms with Gasteiger partial charge in [-0.2, -0.15) is 13.2 Å². The quantitative estimate of drug-likeness (QED) is 0.287. The van der Waals surface area contributed by atoms with E-state index in [4.69, 9.17) is 0 Å². The van der Waals surface area contributed by atoms with Gasteiger partial charge in [-0.25, -0.2) is 8.42 Å². The number of sulfone groups is 1. The van der Waals surface area contributed by atoms with Crippen LogP contribution in [0.25, 0.3) is 0 Å². The van der Waals surface area contributed by atoms with Gasteiger partial charge in [0.2, 0.25) is 0 Å². The van der Waals surface area contributed by atoms with Gasteiger partial charge in [0.15, 0.2) is 5.96 Å². The molecule has 1 unspecified atom stereocenters. The number of hydrogen-bond acceptors (Lipinski definition) is 4. The van der Waals surface area contributed by atoms with Gasteiger partial charge < -0.3 is 10.6 Å². The maximum Gasteiger partial charge on any atom is 0.401 e. The first-order valence-corrected chi connectivity index (χ1v) is 10.9. The molecule has 1 rings (SSSR count). The first-order chi connectivity index (χ1) is 11.8. The summed E-state index contributed by atoms with van der Waals surface area (Å²) in [5, 5.41) is 6.29. The minimum atomic E-state index is -4.18. The zero-order valence-electron chi connectivity index (χ0n) is 16.4. The largest absolute Gasteiger partial charge is 0.401 e. The predicted molar refractivity (Wildman–Crippen MR) is 114 cm³/mol. The lowest BCUT2D eigenvalue weighted by molar-refractivity contribution is -0.143. The average molecular weight is 528 g/mol. The minimum Gasteiger partial charge on any atom is -0.357 e. The first kappa shape index (κ1) is 26.7. The van der Waals surface area contributed by atoms with Crippen LogP contribution in [0.2, 0.25) is 0 Å². The van der Waals surface area contributed by atoms with Crippen LogP contribution in [0, 0.1) is 5.41 Å². The summed E-state index contributed by atoms with van der Waals surface area (Å²) in [6, 6.07) is -0.0886. The summed E-state index contributed by atoms with van der Waals surface area (Å²) >= 11 is 0. The summed E-state index contributed by atoms with van der Waals surface area (Å²) < 4.78 is 60.1. The third kappa shape index (κ3) is 12.7. The second-order valence-electron chi connectivity index (χ2n) is 7.72. The van der Waals surface area contributed by atoms with Crippen molar-refractivity contribution in [3.8, 4) is 0 Å². The molecule has 0 spiro atoms. The molecule has 0 aromatic carbocycles. The Morgan fingerprint density at radius 1 is 1.30 bits per heavy atom. The molecule has 1 saturated heterocycles. The molecule has 0 bridgehead atoms. The molecule has 0 aliphatic carbocycles. The Labute approximate surface area is 177 Å². The maximum atomic E-state index is 12.5. The Morgan fingerprint density at radius 2 is 1.93 bits per heavy atom. The Morgan fingerprint density at radius 3 is 2.44 bits per heavy atom. The van der Waals surface area contributed by atoms with Crippen molar-refractivity contribution in [1.82, 2.24) is 15.5 Å². The SMILES string of the molecule is CCNC(=NCC(C)(C)CCS(C)(=O)=O)NC1CCN(CC(F)(F)F)C1.I. The summed E-state index contributed by atoms with van der Waals surface area (Å²) in [5.74, 6) is 0.660. The average Bonchev–Trinajstić information content (AvgIpc) is 2.87. The molecule has 1 aliphatic heterocycles. The van der Waals surface area contributed by atoms with E-state index < -0.39 is 22.6 Å². The van der Waals surface area contributed by atoms with Crippen LogP contribution in [0.1, 0.15) is 33.6 Å². The Hall–Kier alpha value is -0.300. The van der Waals surface area contributed by atoms with Crippen LogP contribution in [0.15, 0.2) is 4.99 Å². The number of likely N-dealkylation sites (tertiary alicyclic amines) is 1. The molecule has 6 nitrogen and oxygen atoms in total. The van der Waals surface area contributed by atoms with Crippen molar-refractivity contribution in [1.29, 1.82) is 0 Å². The molecule has 162 valence electrons. The fraction of sp³-hybridized carbons (Fsp3) is 0.938. The van der Waals surface area contributed by atoms with E-state index in [0.29, 0.717) is 45.0 Å². The second kappa shape index (κ2) is 11.0. The number of hydrogen-bond donors (Lipinski definition) is 2. The van der Waals surface area contributed by atoms with E-state index in [-0.39, 0.29) is 41.2 Å². The molecular weight excluding hydrogens is 496 g/mol. The monoisotopic (exact) mass is 528 g/mol. The van der Waals surface area contributed by atoms with Crippen LogP contribution >= 0.6 is 24.0 Å². The van der Waals surface area contributed by atoms with Crippen LogP contribution in [-0.2, 0) is 9.84 Å². The van der Waals surface area contributed by atoms with Gasteiger partial charge in [-0.1, -0.05) is 13.8 Å². The molecule has 1 heterocycles. The number of aliphatic imine (C=N–C) groups is 1. The lowest BCUT2D eigenvalue weighted by atomic mass is 9.90. The normalized spacial score (nSPS) is 19.7. The molecule has 0 amide bonds. The lowest BCUT2D eigenvalue weighted by Crippen LogP contribution is -2.45. The topological polar surface area (TPSA) is 73.8 Å². The van der Waals surface area contributed by atoms with E-state index in [1.165, 1.54) is 11.2 Å². The first-order valence-electron chi connectivity index (χ1n) is 8.81. The van der Waals surface area contributed by atoms with Crippen LogP contribution in [-0.4, -0.2) is 76.2 Å². The van der Waals surface area contributed by atoms with Crippen LogP contribution < -0.4 is 10.6 Å². The molecule has 0 aromatic heterocycles. The summed E-state index contributed by atoms with van der Waals surface area (Å²) in [5.41, 5.74) is -0.288. The third-order valence-corrected chi connectivity index (χ3v) is 5.12. The van der Waals surface area contributed by atoms with Crippen molar-refractivity contribution in [2.45, 2.75) is 45.8 Å². The zero-order chi connectivity index (χ0) is 20.0. The fourth-order valence-electron chi connectivity index (χ4n) is 2.69. The van der Waals surface area contributed by atoms with Crippen molar-refractivity contribution >= 4 is 39.8 Å². The molecule has 1 atom stereocenters. The van der Waals surface area contributed by atoms with E-state index in [1.807, 2.05) is 20.8 Å². The van der Waals surface area contributed by atoms with Crippen molar-refractivity contribution < 1.29 is 21.6 Å². The van der Waals surface area contributed by atoms with Gasteiger partial charge >= 0.3 is 6.18 Å². The van der Waals surface area contributed by atoms with E-state index >= 15 is 0 Å². The van der Waals surface area contributed by atoms with Gasteiger partial charge in [-0.05, 0) is 25.2 Å². The molecule has 11 heteroatoms. The maximum absolute atomic E-state index is 12.5. The molecule has 0 aromatic rings. The Bertz CT molecular complexity index is 583. The molecule has 0 radical (unpaired) electrons. The van der Waals surface area contributed by atoms with Crippen molar-refractivity contribution in [3.63, 3.8) is 0 Å². The Kier molecular flexibility index (Phi) is 10.9. The zero-order valence-corrected chi connectivity index (χ0v) is 19.5. The van der Waals surface area contributed by atoms with Crippen LogP contribution in [0.3, 0.4) is 0 Å². The highest BCUT2D eigenvalue weighted by molar-refractivity contribution is 14.0. The van der Waals surface area contributed by atoms with Crippen molar-refractivity contribution in [3.05, 3.63) is 0 Å². The summed E-state index contributed by atoms with van der Waals surface area (Å²) in [4.78, 5) is 5.89. The van der Waals surface area contributed by atoms with Crippen LogP contribution in [0.4, 0.5) is 13.2 Å². The summed E-state index contributed by atoms with van der Waals surface area (Å²) in [6.45, 7) is 6.70. The second-order valence-corrected chi connectivity index (χ2v) is 9.98. The van der Waals surface area contributed by atoms with Crippen molar-refractivity contribution in [2.24, 2.45) is 10.4 Å². The minimum absolute atomic E-state index is 0. The lowest BCUT2D eigenvalue weighted by Gasteiger charge is -2.24. The number of alkyl halides is 3. The van der Waals surface area contributed by atoms with Gasteiger partial charge in [0.25, 0.3) is 0 Å². The third-order valence-electron chi connectivity index (χ3n) is 4.18. The van der Waals surface area contributed by atoms with Gasteiger partial charge in [0, 0.05) is 38.5 Å². The smallest absolute Gasteiger partial charge is 0.357 e. The molecule has 2 N–H and O–H groups in total. The van der Waals surface area contributed by atoms with Crippen molar-refractivity contribution in [2.75, 3.05) is 44.7 Å². The van der Waals surface area contributed by atoms with Gasteiger partial charge in [0.1, 0.15) is 9.84 Å². The molecule has 27 heavy (non-hydrogen) atoms. The number of nitrogens with zero attached hydrogens (tertiary/aromatic N) is 2. The molecule has 1 aliphatic rings. The highest BCUT2D eigenvalue weighted by Gasteiger charge is 2.34. The standard InChI is InChI=1S/C16H31F3N4O2S.HI/c1-5-20-14(21-11-15(2,3)7-9-26(4,24)25)22-13-6-8-23(10-13)12-16(17,18)19;/h13H,5-12H2,1-4H3,(H2,20,21,22);1H. The highest BCUT2D eigenvalue weighted by atomic mass is 127. The van der Waals surface area contributed by atoms with E-state index in [9.17, 15) is 21.6 Å². The molecule has 1 fully saturated rings. The van der Waals surface area contributed by atoms with Gasteiger partial charge in [-0.15, -0.1) is 24.0 Å². The number of rotatable bonds is 8. The highest BCUT2D eigenvalue weighted by Crippen LogP contribution is 2.22. The van der Waals surface area contributed by atoms with Gasteiger partial charge in [-0.3, -0.25) is 9.89 Å². The van der Waals surface area contributed by atoms with Crippen LogP contribution in [0.5, 0.6) is 0 Å². The van der Waals surface area contributed by atoms with E-state index in [0.717, 1.165) is 0 Å². The molecular formula is C16H32F3IN4O2S. The number of halogens is 4. The van der Waals surface area contributed by atoms with E-state index in [1.54, 1.807) is 0 Å². The van der Waals surface area contributed by atoms with E-state index in [2.05, 4.69) is 15.6 Å². The predicted octanol–water partition coefficient (Wildman–Crippen LogP) is 2.26. The number of nitrogens with one attached hydrogen (secondary N) is 2. The molecule has 0 saturated carbocycles. The fourth-order valence-corrected chi connectivity index (χ4v) is 3.62. The summed E-state index contributed by atoms with van der Waals surface area (Å²) in [7, 11) is -3.02. The Balaban J connectivity index is 0.00000676. The summed E-state index contributed by atoms with van der Waals surface area (Å²) in [6.07, 6.45) is -1.85.